The molecule has 1 amide bonds. The number of nitrogens with zero attached hydrogens (tertiary/aromatic N) is 4. The summed E-state index contributed by atoms with van der Waals surface area (Å²) in [5, 5.41) is 3.55. The van der Waals surface area contributed by atoms with Crippen LogP contribution in [-0.2, 0) is 4.74 Å². The van der Waals surface area contributed by atoms with Crippen molar-refractivity contribution < 1.29 is 9.53 Å². The minimum Gasteiger partial charge on any atom is -0.378 e. The van der Waals surface area contributed by atoms with Crippen molar-refractivity contribution in [1.82, 2.24) is 4.90 Å². The average Bonchev–Trinajstić information content (AvgIpc) is 2.41. The number of hydrogen-bond acceptors (Lipinski definition) is 3. The second-order valence-corrected chi connectivity index (χ2v) is 4.10. The van der Waals surface area contributed by atoms with E-state index < -0.39 is 0 Å². The van der Waals surface area contributed by atoms with Gasteiger partial charge in [0.1, 0.15) is 0 Å². The zero-order chi connectivity index (χ0) is 13.0. The maximum absolute atomic E-state index is 12.2. The second kappa shape index (κ2) is 5.53. The zero-order valence-electron chi connectivity index (χ0n) is 10.2. The van der Waals surface area contributed by atoms with Crippen LogP contribution < -0.4 is 0 Å². The molecule has 0 spiro atoms. The number of carbonyl (C=O) groups excluding carboxylic acids is 1. The van der Waals surface area contributed by atoms with Crippen molar-refractivity contribution in [2.45, 2.75) is 6.92 Å². The molecule has 0 N–H and O–H groups in total. The molecule has 6 nitrogen and oxygen atoms in total. The molecule has 0 aliphatic carbocycles. The van der Waals surface area contributed by atoms with Crippen LogP contribution in [0, 0.1) is 6.92 Å². The van der Waals surface area contributed by atoms with Crippen LogP contribution in [0.25, 0.3) is 10.4 Å². The standard InChI is InChI=1S/C12H14N4O2/c1-9-8-10(2-3-11(9)14-15-13)12(17)16-4-6-18-7-5-16/h2-3,8H,4-7H2,1H3. The van der Waals surface area contributed by atoms with Gasteiger partial charge in [0.2, 0.25) is 0 Å². The van der Waals surface area contributed by atoms with E-state index in [1.54, 1.807) is 23.1 Å². The van der Waals surface area contributed by atoms with Gasteiger partial charge < -0.3 is 9.64 Å². The predicted molar refractivity (Wildman–Crippen MR) is 66.7 cm³/mol. The Hall–Kier alpha value is -2.04. The lowest BCUT2D eigenvalue weighted by Crippen LogP contribution is -2.40. The second-order valence-electron chi connectivity index (χ2n) is 4.10. The van der Waals surface area contributed by atoms with E-state index in [2.05, 4.69) is 10.0 Å². The molecule has 0 atom stereocenters. The number of benzene rings is 1. The summed E-state index contributed by atoms with van der Waals surface area (Å²) in [6.07, 6.45) is 0. The van der Waals surface area contributed by atoms with E-state index in [0.29, 0.717) is 37.6 Å². The van der Waals surface area contributed by atoms with Crippen molar-refractivity contribution in [1.29, 1.82) is 0 Å². The van der Waals surface area contributed by atoms with Crippen LogP contribution in [0.15, 0.2) is 23.3 Å². The SMILES string of the molecule is Cc1cc(C(=O)N2CCOCC2)ccc1N=[N+]=[N-]. The summed E-state index contributed by atoms with van der Waals surface area (Å²) in [6, 6.07) is 5.11. The fourth-order valence-electron chi connectivity index (χ4n) is 1.90. The van der Waals surface area contributed by atoms with Crippen LogP contribution in [0.5, 0.6) is 0 Å². The first-order valence-electron chi connectivity index (χ1n) is 5.75. The molecule has 1 aliphatic heterocycles. The highest BCUT2D eigenvalue weighted by atomic mass is 16.5. The maximum Gasteiger partial charge on any atom is 0.254 e. The number of aryl methyl sites for hydroxylation is 1. The number of amides is 1. The van der Waals surface area contributed by atoms with Crippen LogP contribution in [0.4, 0.5) is 5.69 Å². The highest BCUT2D eigenvalue weighted by molar-refractivity contribution is 5.94. The maximum atomic E-state index is 12.2. The summed E-state index contributed by atoms with van der Waals surface area (Å²) in [4.78, 5) is 16.7. The molecule has 1 aromatic rings. The van der Waals surface area contributed by atoms with Gasteiger partial charge in [0.05, 0.1) is 13.2 Å². The Kier molecular flexibility index (Phi) is 3.82. The molecular weight excluding hydrogens is 232 g/mol. The molecule has 6 heteroatoms. The van der Waals surface area contributed by atoms with Gasteiger partial charge in [-0.25, -0.2) is 0 Å². The fraction of sp³-hybridized carbons (Fsp3) is 0.417. The van der Waals surface area contributed by atoms with E-state index in [0.717, 1.165) is 5.56 Å². The smallest absolute Gasteiger partial charge is 0.254 e. The van der Waals surface area contributed by atoms with Gasteiger partial charge in [0.25, 0.3) is 5.91 Å². The zero-order valence-corrected chi connectivity index (χ0v) is 10.2. The third-order valence-electron chi connectivity index (χ3n) is 2.89. The molecule has 0 aromatic heterocycles. The van der Waals surface area contributed by atoms with Crippen molar-refractivity contribution in [3.8, 4) is 0 Å². The van der Waals surface area contributed by atoms with Crippen LogP contribution >= 0.6 is 0 Å². The number of azide groups is 1. The van der Waals surface area contributed by atoms with Crippen molar-refractivity contribution in [2.24, 2.45) is 5.11 Å². The van der Waals surface area contributed by atoms with Crippen LogP contribution in [-0.4, -0.2) is 37.1 Å². The quantitative estimate of drug-likeness (QED) is 0.456. The van der Waals surface area contributed by atoms with Crippen molar-refractivity contribution >= 4 is 11.6 Å². The molecule has 1 heterocycles. The van der Waals surface area contributed by atoms with Crippen molar-refractivity contribution in [3.63, 3.8) is 0 Å². The molecular formula is C12H14N4O2. The van der Waals surface area contributed by atoms with E-state index in [9.17, 15) is 4.79 Å². The molecule has 0 bridgehead atoms. The van der Waals surface area contributed by atoms with Gasteiger partial charge in [-0.1, -0.05) is 11.2 Å². The van der Waals surface area contributed by atoms with Gasteiger partial charge >= 0.3 is 0 Å². The normalized spacial score (nSPS) is 15.1. The summed E-state index contributed by atoms with van der Waals surface area (Å²) in [6.45, 7) is 4.23. The van der Waals surface area contributed by atoms with E-state index >= 15 is 0 Å². The number of ether oxygens (including phenoxy) is 1. The third-order valence-corrected chi connectivity index (χ3v) is 2.89. The van der Waals surface area contributed by atoms with Gasteiger partial charge in [0, 0.05) is 29.3 Å². The third kappa shape index (κ3) is 2.61. The Morgan fingerprint density at radius 1 is 1.44 bits per heavy atom. The van der Waals surface area contributed by atoms with E-state index in [4.69, 9.17) is 10.3 Å². The summed E-state index contributed by atoms with van der Waals surface area (Å²) in [7, 11) is 0. The van der Waals surface area contributed by atoms with E-state index in [-0.39, 0.29) is 5.91 Å². The summed E-state index contributed by atoms with van der Waals surface area (Å²) >= 11 is 0. The van der Waals surface area contributed by atoms with Crippen molar-refractivity contribution in [2.75, 3.05) is 26.3 Å². The number of carbonyl (C=O) groups is 1. The molecule has 1 saturated heterocycles. The monoisotopic (exact) mass is 246 g/mol. The number of hydrogen-bond donors (Lipinski definition) is 0. The molecule has 2 rings (SSSR count). The highest BCUT2D eigenvalue weighted by Crippen LogP contribution is 2.21. The molecule has 0 unspecified atom stereocenters. The van der Waals surface area contributed by atoms with E-state index in [1.165, 1.54) is 0 Å². The van der Waals surface area contributed by atoms with Crippen LogP contribution in [0.3, 0.4) is 0 Å². The molecule has 1 fully saturated rings. The minimum atomic E-state index is -0.00566. The van der Waals surface area contributed by atoms with Crippen molar-refractivity contribution in [3.05, 3.63) is 39.8 Å². The molecule has 0 saturated carbocycles. The van der Waals surface area contributed by atoms with Gasteiger partial charge in [-0.05, 0) is 30.2 Å². The topological polar surface area (TPSA) is 78.3 Å². The highest BCUT2D eigenvalue weighted by Gasteiger charge is 2.18. The summed E-state index contributed by atoms with van der Waals surface area (Å²) < 4.78 is 5.21. The average molecular weight is 246 g/mol. The lowest BCUT2D eigenvalue weighted by molar-refractivity contribution is 0.0303. The Balaban J connectivity index is 2.20. The van der Waals surface area contributed by atoms with Crippen LogP contribution in [0.1, 0.15) is 15.9 Å². The fourth-order valence-corrected chi connectivity index (χ4v) is 1.90. The van der Waals surface area contributed by atoms with Gasteiger partial charge in [0.15, 0.2) is 0 Å². The Morgan fingerprint density at radius 2 is 2.17 bits per heavy atom. The minimum absolute atomic E-state index is 0.00566. The van der Waals surface area contributed by atoms with E-state index in [1.807, 2.05) is 6.92 Å². The predicted octanol–water partition coefficient (Wildman–Crippen LogP) is 2.41. The summed E-state index contributed by atoms with van der Waals surface area (Å²) in [5.41, 5.74) is 10.4. The number of morpholine rings is 1. The lowest BCUT2D eigenvalue weighted by Gasteiger charge is -2.27. The van der Waals surface area contributed by atoms with Crippen LogP contribution in [0.2, 0.25) is 0 Å². The Bertz CT molecular complexity index is 503. The Labute approximate surface area is 105 Å². The Morgan fingerprint density at radius 3 is 2.78 bits per heavy atom. The first-order valence-corrected chi connectivity index (χ1v) is 5.75. The molecule has 1 aromatic carbocycles. The number of rotatable bonds is 2. The largest absolute Gasteiger partial charge is 0.378 e. The first-order chi connectivity index (χ1) is 8.72. The summed E-state index contributed by atoms with van der Waals surface area (Å²) in [5.74, 6) is -0.00566. The lowest BCUT2D eigenvalue weighted by atomic mass is 10.1. The van der Waals surface area contributed by atoms with Gasteiger partial charge in [-0.15, -0.1) is 0 Å². The molecule has 1 aliphatic rings. The molecule has 0 radical (unpaired) electrons. The molecule has 94 valence electrons. The first kappa shape index (κ1) is 12.4. The van der Waals surface area contributed by atoms with Gasteiger partial charge in [-0.2, -0.15) is 0 Å². The van der Waals surface area contributed by atoms with Gasteiger partial charge in [-0.3, -0.25) is 4.79 Å². The molecule has 18 heavy (non-hydrogen) atoms.